The van der Waals surface area contributed by atoms with E-state index in [9.17, 15) is 0 Å². The summed E-state index contributed by atoms with van der Waals surface area (Å²) in [7, 11) is 3.24. The number of benzene rings is 1. The Morgan fingerprint density at radius 1 is 1.28 bits per heavy atom. The Kier molecular flexibility index (Phi) is 6.25. The van der Waals surface area contributed by atoms with Gasteiger partial charge >= 0.3 is 0 Å². The van der Waals surface area contributed by atoms with E-state index in [0.717, 1.165) is 30.2 Å². The van der Waals surface area contributed by atoms with E-state index < -0.39 is 0 Å². The van der Waals surface area contributed by atoms with Crippen LogP contribution in [0.5, 0.6) is 11.5 Å². The fraction of sp³-hybridized carbons (Fsp3) is 0.429. The van der Waals surface area contributed by atoms with Crippen molar-refractivity contribution >= 4 is 0 Å². The Balaban J connectivity index is 2.79. The largest absolute Gasteiger partial charge is 0.493 e. The lowest BCUT2D eigenvalue weighted by atomic mass is 10.2. The first-order valence-electron chi connectivity index (χ1n) is 5.90. The molecule has 0 bridgehead atoms. The number of ether oxygens (including phenoxy) is 2. The summed E-state index contributed by atoms with van der Waals surface area (Å²) in [6.45, 7) is 5.97. The Morgan fingerprint density at radius 2 is 2.00 bits per heavy atom. The molecular formula is C14H21NO3. The Bertz CT molecular complexity index is 379. The van der Waals surface area contributed by atoms with Gasteiger partial charge in [0.15, 0.2) is 11.5 Å². The second kappa shape index (κ2) is 7.74. The first-order valence-corrected chi connectivity index (χ1v) is 5.90. The highest BCUT2D eigenvalue weighted by atomic mass is 16.5. The summed E-state index contributed by atoms with van der Waals surface area (Å²) >= 11 is 0. The fourth-order valence-corrected chi connectivity index (χ4v) is 1.80. The predicted molar refractivity (Wildman–Crippen MR) is 72.1 cm³/mol. The van der Waals surface area contributed by atoms with Crippen LogP contribution in [0.3, 0.4) is 0 Å². The maximum absolute atomic E-state index is 9.00. The Morgan fingerprint density at radius 3 is 2.56 bits per heavy atom. The van der Waals surface area contributed by atoms with Crippen molar-refractivity contribution in [3.05, 3.63) is 36.4 Å². The van der Waals surface area contributed by atoms with Crippen LogP contribution in [0.4, 0.5) is 0 Å². The minimum atomic E-state index is 0.140. The monoisotopic (exact) mass is 251 g/mol. The third-order valence-corrected chi connectivity index (χ3v) is 2.66. The van der Waals surface area contributed by atoms with Crippen LogP contribution in [0.15, 0.2) is 30.9 Å². The lowest BCUT2D eigenvalue weighted by Gasteiger charge is -2.20. The van der Waals surface area contributed by atoms with Gasteiger partial charge in [-0.05, 0) is 17.7 Å². The number of hydrogen-bond acceptors (Lipinski definition) is 4. The number of aliphatic hydroxyl groups is 1. The van der Waals surface area contributed by atoms with Crippen molar-refractivity contribution in [2.75, 3.05) is 33.9 Å². The van der Waals surface area contributed by atoms with Gasteiger partial charge in [0.2, 0.25) is 0 Å². The van der Waals surface area contributed by atoms with Crippen LogP contribution < -0.4 is 9.47 Å². The summed E-state index contributed by atoms with van der Waals surface area (Å²) in [5, 5.41) is 9.00. The minimum Gasteiger partial charge on any atom is -0.493 e. The van der Waals surface area contributed by atoms with Gasteiger partial charge in [-0.2, -0.15) is 0 Å². The van der Waals surface area contributed by atoms with Gasteiger partial charge in [-0.3, -0.25) is 4.90 Å². The quantitative estimate of drug-likeness (QED) is 0.714. The molecule has 0 aliphatic heterocycles. The molecule has 0 atom stereocenters. The molecule has 1 N–H and O–H groups in total. The van der Waals surface area contributed by atoms with Crippen LogP contribution in [-0.4, -0.2) is 43.9 Å². The summed E-state index contributed by atoms with van der Waals surface area (Å²) in [4.78, 5) is 2.11. The zero-order valence-electron chi connectivity index (χ0n) is 11.1. The number of methoxy groups -OCH3 is 2. The number of nitrogens with zero attached hydrogens (tertiary/aromatic N) is 1. The predicted octanol–water partition coefficient (Wildman–Crippen LogP) is 1.68. The Hall–Kier alpha value is -1.52. The third kappa shape index (κ3) is 4.05. The molecule has 4 heteroatoms. The zero-order chi connectivity index (χ0) is 13.4. The summed E-state index contributed by atoms with van der Waals surface area (Å²) in [5.41, 5.74) is 1.11. The summed E-state index contributed by atoms with van der Waals surface area (Å²) in [5.74, 6) is 1.44. The molecule has 100 valence electrons. The molecule has 0 amide bonds. The van der Waals surface area contributed by atoms with Crippen molar-refractivity contribution < 1.29 is 14.6 Å². The highest BCUT2D eigenvalue weighted by Gasteiger charge is 2.08. The zero-order valence-corrected chi connectivity index (χ0v) is 11.1. The molecule has 0 fully saturated rings. The molecule has 0 heterocycles. The molecule has 1 aromatic rings. The lowest BCUT2D eigenvalue weighted by molar-refractivity contribution is 0.203. The van der Waals surface area contributed by atoms with Gasteiger partial charge in [0.25, 0.3) is 0 Å². The average Bonchev–Trinajstić information content (AvgIpc) is 2.39. The van der Waals surface area contributed by atoms with Gasteiger partial charge in [0, 0.05) is 19.6 Å². The van der Waals surface area contributed by atoms with Crippen LogP contribution in [0.1, 0.15) is 5.56 Å². The maximum Gasteiger partial charge on any atom is 0.161 e. The number of aliphatic hydroxyl groups excluding tert-OH is 1. The van der Waals surface area contributed by atoms with Crippen molar-refractivity contribution in [3.8, 4) is 11.5 Å². The first kappa shape index (κ1) is 14.5. The van der Waals surface area contributed by atoms with Crippen LogP contribution in [0, 0.1) is 0 Å². The van der Waals surface area contributed by atoms with Gasteiger partial charge in [-0.15, -0.1) is 6.58 Å². The van der Waals surface area contributed by atoms with E-state index >= 15 is 0 Å². The number of rotatable bonds is 8. The molecule has 0 saturated heterocycles. The Labute approximate surface area is 108 Å². The van der Waals surface area contributed by atoms with E-state index in [1.54, 1.807) is 14.2 Å². The molecule has 0 aliphatic rings. The van der Waals surface area contributed by atoms with Crippen molar-refractivity contribution in [2.45, 2.75) is 6.54 Å². The van der Waals surface area contributed by atoms with Gasteiger partial charge in [-0.1, -0.05) is 12.1 Å². The second-order valence-electron chi connectivity index (χ2n) is 3.94. The molecular weight excluding hydrogens is 230 g/mol. The average molecular weight is 251 g/mol. The molecule has 1 rings (SSSR count). The van der Waals surface area contributed by atoms with E-state index in [1.807, 2.05) is 24.3 Å². The van der Waals surface area contributed by atoms with E-state index in [-0.39, 0.29) is 6.61 Å². The molecule has 18 heavy (non-hydrogen) atoms. The highest BCUT2D eigenvalue weighted by Crippen LogP contribution is 2.27. The summed E-state index contributed by atoms with van der Waals surface area (Å²) in [6.07, 6.45) is 1.83. The molecule has 0 aliphatic carbocycles. The molecule has 0 aromatic heterocycles. The van der Waals surface area contributed by atoms with Gasteiger partial charge in [0.05, 0.1) is 20.8 Å². The molecule has 0 radical (unpaired) electrons. The third-order valence-electron chi connectivity index (χ3n) is 2.66. The van der Waals surface area contributed by atoms with Gasteiger partial charge < -0.3 is 14.6 Å². The number of hydrogen-bond donors (Lipinski definition) is 1. The van der Waals surface area contributed by atoms with Crippen molar-refractivity contribution in [3.63, 3.8) is 0 Å². The molecule has 0 saturated carbocycles. The maximum atomic E-state index is 9.00. The van der Waals surface area contributed by atoms with Crippen molar-refractivity contribution in [1.82, 2.24) is 4.90 Å². The normalized spacial score (nSPS) is 10.4. The van der Waals surface area contributed by atoms with E-state index in [2.05, 4.69) is 11.5 Å². The van der Waals surface area contributed by atoms with E-state index in [0.29, 0.717) is 6.54 Å². The van der Waals surface area contributed by atoms with Crippen LogP contribution in [-0.2, 0) is 6.54 Å². The fourth-order valence-electron chi connectivity index (χ4n) is 1.80. The van der Waals surface area contributed by atoms with Crippen molar-refractivity contribution in [1.29, 1.82) is 0 Å². The summed E-state index contributed by atoms with van der Waals surface area (Å²) in [6, 6.07) is 5.83. The molecule has 4 nitrogen and oxygen atoms in total. The second-order valence-corrected chi connectivity index (χ2v) is 3.94. The highest BCUT2D eigenvalue weighted by molar-refractivity contribution is 5.42. The topological polar surface area (TPSA) is 41.9 Å². The summed E-state index contributed by atoms with van der Waals surface area (Å²) < 4.78 is 10.5. The molecule has 0 spiro atoms. The minimum absolute atomic E-state index is 0.140. The molecule has 0 unspecified atom stereocenters. The standard InChI is InChI=1S/C14H21NO3/c1-4-7-15(8-9-16)11-12-5-6-13(17-2)14(10-12)18-3/h4-6,10,16H,1,7-9,11H2,2-3H3. The van der Waals surface area contributed by atoms with Crippen molar-refractivity contribution in [2.24, 2.45) is 0 Å². The van der Waals surface area contributed by atoms with Gasteiger partial charge in [0.1, 0.15) is 0 Å². The molecule has 1 aromatic carbocycles. The SMILES string of the molecule is C=CCN(CCO)Cc1ccc(OC)c(OC)c1. The first-order chi connectivity index (χ1) is 8.74. The lowest BCUT2D eigenvalue weighted by Crippen LogP contribution is -2.26. The van der Waals surface area contributed by atoms with E-state index in [4.69, 9.17) is 14.6 Å². The van der Waals surface area contributed by atoms with E-state index in [1.165, 1.54) is 0 Å². The van der Waals surface area contributed by atoms with Gasteiger partial charge in [-0.25, -0.2) is 0 Å². The van der Waals surface area contributed by atoms with Crippen LogP contribution in [0.25, 0.3) is 0 Å². The smallest absolute Gasteiger partial charge is 0.161 e. The van der Waals surface area contributed by atoms with Crippen LogP contribution >= 0.6 is 0 Å². The van der Waals surface area contributed by atoms with Crippen LogP contribution in [0.2, 0.25) is 0 Å².